The molecule has 1 aliphatic carbocycles. The van der Waals surface area contributed by atoms with Gasteiger partial charge in [0.05, 0.1) is 9.40 Å². The van der Waals surface area contributed by atoms with E-state index in [0.29, 0.717) is 0 Å². The molecule has 1 aromatic carbocycles. The predicted octanol–water partition coefficient (Wildman–Crippen LogP) is 2.85. The third-order valence-electron chi connectivity index (χ3n) is 2.60. The van der Waals surface area contributed by atoms with Gasteiger partial charge in [0.1, 0.15) is 12.4 Å². The SMILES string of the molecule is O=C(COc1cc(F)c(Br)cc1[N+](=O)[O-])C1CC1. The summed E-state index contributed by atoms with van der Waals surface area (Å²) < 4.78 is 18.3. The van der Waals surface area contributed by atoms with E-state index >= 15 is 0 Å². The number of carbonyl (C=O) groups excluding carboxylic acids is 1. The van der Waals surface area contributed by atoms with E-state index in [2.05, 4.69) is 15.9 Å². The lowest BCUT2D eigenvalue weighted by molar-refractivity contribution is -0.385. The number of rotatable bonds is 5. The van der Waals surface area contributed by atoms with Crippen LogP contribution in [0.3, 0.4) is 0 Å². The zero-order valence-corrected chi connectivity index (χ0v) is 10.8. The van der Waals surface area contributed by atoms with E-state index in [1.165, 1.54) is 0 Å². The molecule has 0 aromatic heterocycles. The second-order valence-corrected chi connectivity index (χ2v) is 4.87. The molecule has 5 nitrogen and oxygen atoms in total. The first-order valence-corrected chi connectivity index (χ1v) is 6.07. The number of hydrogen-bond donors (Lipinski definition) is 0. The Morgan fingerprint density at radius 1 is 1.56 bits per heavy atom. The fraction of sp³-hybridized carbons (Fsp3) is 0.364. The van der Waals surface area contributed by atoms with E-state index in [0.717, 1.165) is 25.0 Å². The molecular weight excluding hydrogens is 309 g/mol. The largest absolute Gasteiger partial charge is 0.479 e. The highest BCUT2D eigenvalue weighted by Gasteiger charge is 2.30. The zero-order chi connectivity index (χ0) is 13.3. The minimum Gasteiger partial charge on any atom is -0.479 e. The first-order valence-electron chi connectivity index (χ1n) is 5.28. The second-order valence-electron chi connectivity index (χ2n) is 4.02. The van der Waals surface area contributed by atoms with Gasteiger partial charge in [0.25, 0.3) is 0 Å². The Hall–Kier alpha value is -1.50. The van der Waals surface area contributed by atoms with Gasteiger partial charge >= 0.3 is 5.69 Å². The number of Topliss-reactive ketones (excluding diaryl/α,β-unsaturated/α-hetero) is 1. The first-order chi connectivity index (χ1) is 8.49. The lowest BCUT2D eigenvalue weighted by Crippen LogP contribution is -2.13. The summed E-state index contributed by atoms with van der Waals surface area (Å²) >= 11 is 2.86. The number of nitro benzene ring substituents is 1. The van der Waals surface area contributed by atoms with E-state index in [4.69, 9.17) is 4.74 Å². The molecule has 2 rings (SSSR count). The van der Waals surface area contributed by atoms with Gasteiger partial charge in [-0.25, -0.2) is 4.39 Å². The van der Waals surface area contributed by atoms with Crippen molar-refractivity contribution in [2.75, 3.05) is 6.61 Å². The van der Waals surface area contributed by atoms with Gasteiger partial charge < -0.3 is 4.74 Å². The van der Waals surface area contributed by atoms with Crippen LogP contribution in [0.2, 0.25) is 0 Å². The molecule has 0 atom stereocenters. The van der Waals surface area contributed by atoms with Gasteiger partial charge in [-0.2, -0.15) is 0 Å². The lowest BCUT2D eigenvalue weighted by Gasteiger charge is -2.06. The minimum absolute atomic E-state index is 0.00403. The van der Waals surface area contributed by atoms with Crippen molar-refractivity contribution in [3.8, 4) is 5.75 Å². The van der Waals surface area contributed by atoms with Crippen LogP contribution >= 0.6 is 15.9 Å². The molecule has 0 spiro atoms. The summed E-state index contributed by atoms with van der Waals surface area (Å²) in [6.07, 6.45) is 1.66. The van der Waals surface area contributed by atoms with Crippen molar-refractivity contribution in [1.29, 1.82) is 0 Å². The highest BCUT2D eigenvalue weighted by Crippen LogP contribution is 2.34. The molecule has 7 heteroatoms. The van der Waals surface area contributed by atoms with Gasteiger partial charge in [0.15, 0.2) is 5.78 Å². The van der Waals surface area contributed by atoms with Gasteiger partial charge in [0.2, 0.25) is 5.75 Å². The van der Waals surface area contributed by atoms with E-state index < -0.39 is 10.7 Å². The molecule has 0 unspecified atom stereocenters. The summed E-state index contributed by atoms with van der Waals surface area (Å²) in [6, 6.07) is 1.93. The maximum atomic E-state index is 13.3. The normalized spacial score (nSPS) is 14.3. The molecule has 0 radical (unpaired) electrons. The van der Waals surface area contributed by atoms with Crippen molar-refractivity contribution >= 4 is 27.4 Å². The lowest BCUT2D eigenvalue weighted by atomic mass is 10.2. The van der Waals surface area contributed by atoms with Gasteiger partial charge in [-0.15, -0.1) is 0 Å². The fourth-order valence-electron chi connectivity index (χ4n) is 1.45. The quantitative estimate of drug-likeness (QED) is 0.618. The molecule has 18 heavy (non-hydrogen) atoms. The number of halogens is 2. The monoisotopic (exact) mass is 317 g/mol. The highest BCUT2D eigenvalue weighted by molar-refractivity contribution is 9.10. The number of ketones is 1. The molecule has 1 saturated carbocycles. The summed E-state index contributed by atoms with van der Waals surface area (Å²) in [5.74, 6) is -0.999. The highest BCUT2D eigenvalue weighted by atomic mass is 79.9. The number of benzene rings is 1. The van der Waals surface area contributed by atoms with E-state index in [1.807, 2.05) is 0 Å². The Balaban J connectivity index is 2.16. The summed E-state index contributed by atoms with van der Waals surface area (Å²) in [6.45, 7) is -0.257. The van der Waals surface area contributed by atoms with Crippen molar-refractivity contribution in [2.24, 2.45) is 5.92 Å². The average Bonchev–Trinajstić information content (AvgIpc) is 3.13. The minimum atomic E-state index is -0.679. The standard InChI is InChI=1S/C11H9BrFNO4/c12-7-3-9(14(16)17)11(4-8(7)13)18-5-10(15)6-1-2-6/h3-4,6H,1-2,5H2. The number of ether oxygens (including phenoxy) is 1. The number of nitrogens with zero attached hydrogens (tertiary/aromatic N) is 1. The summed E-state index contributed by atoms with van der Waals surface area (Å²) in [7, 11) is 0. The molecule has 0 bridgehead atoms. The van der Waals surface area contributed by atoms with Gasteiger partial charge in [-0.3, -0.25) is 14.9 Å². The summed E-state index contributed by atoms with van der Waals surface area (Å²) in [5, 5.41) is 10.8. The van der Waals surface area contributed by atoms with Gasteiger partial charge in [-0.05, 0) is 28.8 Å². The van der Waals surface area contributed by atoms with E-state index in [-0.39, 0.29) is 34.2 Å². The molecule has 1 aromatic rings. The van der Waals surface area contributed by atoms with Crippen molar-refractivity contribution in [1.82, 2.24) is 0 Å². The molecule has 0 saturated heterocycles. The van der Waals surface area contributed by atoms with Crippen LogP contribution in [-0.4, -0.2) is 17.3 Å². The molecule has 1 aliphatic rings. The summed E-state index contributed by atoms with van der Waals surface area (Å²) in [4.78, 5) is 21.5. The Morgan fingerprint density at radius 2 is 2.22 bits per heavy atom. The number of nitro groups is 1. The van der Waals surface area contributed by atoms with E-state index in [1.54, 1.807) is 0 Å². The van der Waals surface area contributed by atoms with Crippen LogP contribution in [-0.2, 0) is 4.79 Å². The number of carbonyl (C=O) groups is 1. The van der Waals surface area contributed by atoms with Crippen LogP contribution in [0, 0.1) is 21.8 Å². The Labute approximate surface area is 110 Å². The van der Waals surface area contributed by atoms with Crippen molar-refractivity contribution in [3.05, 3.63) is 32.5 Å². The van der Waals surface area contributed by atoms with Crippen molar-refractivity contribution < 1.29 is 18.8 Å². The van der Waals surface area contributed by atoms with Crippen LogP contribution in [0.4, 0.5) is 10.1 Å². The molecule has 0 N–H and O–H groups in total. The zero-order valence-electron chi connectivity index (χ0n) is 9.19. The van der Waals surface area contributed by atoms with Crippen LogP contribution < -0.4 is 4.74 Å². The van der Waals surface area contributed by atoms with Crippen molar-refractivity contribution in [2.45, 2.75) is 12.8 Å². The Bertz CT molecular complexity index is 516. The summed E-state index contributed by atoms with van der Waals surface area (Å²) in [5.41, 5.74) is -0.369. The molecule has 0 heterocycles. The third-order valence-corrected chi connectivity index (χ3v) is 3.21. The van der Waals surface area contributed by atoms with E-state index in [9.17, 15) is 19.3 Å². The topological polar surface area (TPSA) is 69.4 Å². The second kappa shape index (κ2) is 5.01. The molecule has 96 valence electrons. The van der Waals surface area contributed by atoms with Crippen molar-refractivity contribution in [3.63, 3.8) is 0 Å². The number of hydrogen-bond acceptors (Lipinski definition) is 4. The molecule has 1 fully saturated rings. The van der Waals surface area contributed by atoms with Gasteiger partial charge in [-0.1, -0.05) is 0 Å². The maximum absolute atomic E-state index is 13.3. The van der Waals surface area contributed by atoms with Crippen LogP contribution in [0.15, 0.2) is 16.6 Å². The Kier molecular flexibility index (Phi) is 3.60. The molecule has 0 amide bonds. The smallest absolute Gasteiger partial charge is 0.312 e. The average molecular weight is 318 g/mol. The van der Waals surface area contributed by atoms with Gasteiger partial charge in [0, 0.05) is 18.1 Å². The molecule has 0 aliphatic heterocycles. The predicted molar refractivity (Wildman–Crippen MR) is 64.0 cm³/mol. The van der Waals surface area contributed by atoms with Crippen LogP contribution in [0.25, 0.3) is 0 Å². The first kappa shape index (κ1) is 12.9. The Morgan fingerprint density at radius 3 is 2.78 bits per heavy atom. The molecular formula is C11H9BrFNO4. The van der Waals surface area contributed by atoms with Crippen LogP contribution in [0.5, 0.6) is 5.75 Å². The maximum Gasteiger partial charge on any atom is 0.312 e. The van der Waals surface area contributed by atoms with Crippen LogP contribution in [0.1, 0.15) is 12.8 Å². The fourth-order valence-corrected chi connectivity index (χ4v) is 1.78. The third kappa shape index (κ3) is 2.84.